The highest BCUT2D eigenvalue weighted by atomic mass is 16.1. The number of amides is 1. The molecule has 0 spiro atoms. The molecular weight excluding hydrogens is 296 g/mol. The van der Waals surface area contributed by atoms with Crippen LogP contribution < -0.4 is 10.2 Å². The molecule has 0 unspecified atom stereocenters. The zero-order valence-electron chi connectivity index (χ0n) is 14.1. The van der Waals surface area contributed by atoms with Gasteiger partial charge in [-0.25, -0.2) is 0 Å². The normalized spacial score (nSPS) is 9.79. The topological polar surface area (TPSA) is 32.3 Å². The molecule has 3 nitrogen and oxygen atoms in total. The van der Waals surface area contributed by atoms with Gasteiger partial charge in [-0.05, 0) is 51.0 Å². The molecule has 0 radical (unpaired) electrons. The van der Waals surface area contributed by atoms with Crippen LogP contribution in [0.5, 0.6) is 0 Å². The minimum atomic E-state index is -0.331. The third-order valence-electron chi connectivity index (χ3n) is 2.92. The number of hydrogen-bond donors (Lipinski definition) is 1. The number of hydrogen-bond acceptors (Lipinski definition) is 2. The van der Waals surface area contributed by atoms with E-state index in [1.807, 2.05) is 86.3 Å². The maximum Gasteiger partial charge on any atom is 0.297 e. The summed E-state index contributed by atoms with van der Waals surface area (Å²) in [6.45, 7) is 5.72. The summed E-state index contributed by atoms with van der Waals surface area (Å²) in [5.74, 6) is 7.53. The second kappa shape index (κ2) is 7.90. The molecule has 0 saturated carbocycles. The summed E-state index contributed by atoms with van der Waals surface area (Å²) in [7, 11) is 0. The van der Waals surface area contributed by atoms with Crippen LogP contribution in [-0.4, -0.2) is 11.4 Å². The summed E-state index contributed by atoms with van der Waals surface area (Å²) < 4.78 is 0. The third kappa shape index (κ3) is 5.55. The van der Waals surface area contributed by atoms with E-state index in [1.165, 1.54) is 0 Å². The Balaban J connectivity index is 2.22. The maximum absolute atomic E-state index is 11.7. The van der Waals surface area contributed by atoms with E-state index in [0.29, 0.717) is 0 Å². The van der Waals surface area contributed by atoms with E-state index < -0.39 is 0 Å². The summed E-state index contributed by atoms with van der Waals surface area (Å²) in [4.78, 5) is 13.5. The van der Waals surface area contributed by atoms with Gasteiger partial charge >= 0.3 is 0 Å². The SMILES string of the molecule is CC(C)(C)NC(=O)C#CC#CN(c1ccccc1)c1ccccc1. The first kappa shape index (κ1) is 17.2. The lowest BCUT2D eigenvalue weighted by molar-refractivity contribution is -0.117. The van der Waals surface area contributed by atoms with Crippen LogP contribution in [0.4, 0.5) is 11.4 Å². The Labute approximate surface area is 143 Å². The Kier molecular flexibility index (Phi) is 5.66. The Morgan fingerprint density at radius 3 is 1.83 bits per heavy atom. The van der Waals surface area contributed by atoms with Gasteiger partial charge in [-0.15, -0.1) is 0 Å². The van der Waals surface area contributed by atoms with Crippen molar-refractivity contribution >= 4 is 17.3 Å². The van der Waals surface area contributed by atoms with Crippen LogP contribution in [0, 0.1) is 23.8 Å². The standard InChI is InChI=1S/C21H20N2O/c1-21(2,3)22-20(24)16-10-11-17-23(18-12-6-4-7-13-18)19-14-8-5-9-15-19/h4-9,12-15H,1-3H3,(H,22,24). The van der Waals surface area contributed by atoms with Gasteiger partial charge in [0.1, 0.15) is 0 Å². The molecule has 3 heteroatoms. The van der Waals surface area contributed by atoms with Crippen molar-refractivity contribution in [3.05, 3.63) is 60.7 Å². The van der Waals surface area contributed by atoms with Crippen LogP contribution in [0.15, 0.2) is 60.7 Å². The molecule has 120 valence electrons. The van der Waals surface area contributed by atoms with Crippen molar-refractivity contribution in [2.24, 2.45) is 0 Å². The van der Waals surface area contributed by atoms with Crippen LogP contribution in [-0.2, 0) is 4.79 Å². The molecule has 0 aliphatic carbocycles. The summed E-state index contributed by atoms with van der Waals surface area (Å²) in [6, 6.07) is 22.6. The quantitative estimate of drug-likeness (QED) is 0.677. The molecule has 2 rings (SSSR count). The van der Waals surface area contributed by atoms with Crippen molar-refractivity contribution in [1.82, 2.24) is 5.32 Å². The summed E-state index contributed by atoms with van der Waals surface area (Å²) in [5.41, 5.74) is 1.58. The lowest BCUT2D eigenvalue weighted by Crippen LogP contribution is -2.39. The molecule has 24 heavy (non-hydrogen) atoms. The molecular formula is C21H20N2O. The highest BCUT2D eigenvalue weighted by Gasteiger charge is 2.11. The second-order valence-electron chi connectivity index (χ2n) is 6.20. The van der Waals surface area contributed by atoms with Crippen LogP contribution in [0.25, 0.3) is 0 Å². The molecule has 0 aliphatic rings. The van der Waals surface area contributed by atoms with Gasteiger partial charge in [0.05, 0.1) is 11.4 Å². The molecule has 0 atom stereocenters. The van der Waals surface area contributed by atoms with Gasteiger partial charge in [0, 0.05) is 23.4 Å². The number of nitrogens with zero attached hydrogens (tertiary/aromatic N) is 1. The molecule has 0 heterocycles. The number of carbonyl (C=O) groups excluding carboxylic acids is 1. The fourth-order valence-corrected chi connectivity index (χ4v) is 1.98. The number of carbonyl (C=O) groups is 1. The van der Waals surface area contributed by atoms with Gasteiger partial charge in [-0.1, -0.05) is 36.4 Å². The van der Waals surface area contributed by atoms with Crippen molar-refractivity contribution in [2.75, 3.05) is 4.90 Å². The molecule has 0 aliphatic heterocycles. The zero-order chi connectivity index (χ0) is 17.4. The largest absolute Gasteiger partial charge is 0.341 e. The van der Waals surface area contributed by atoms with E-state index >= 15 is 0 Å². The van der Waals surface area contributed by atoms with Gasteiger partial charge in [0.2, 0.25) is 0 Å². The number of rotatable bonds is 2. The average molecular weight is 316 g/mol. The predicted octanol–water partition coefficient (Wildman–Crippen LogP) is 3.70. The number of benzene rings is 2. The average Bonchev–Trinajstić information content (AvgIpc) is 2.55. The minimum absolute atomic E-state index is 0.306. The van der Waals surface area contributed by atoms with Crippen molar-refractivity contribution in [3.8, 4) is 23.8 Å². The Bertz CT molecular complexity index is 758. The van der Waals surface area contributed by atoms with Crippen LogP contribution in [0.1, 0.15) is 20.8 Å². The number of nitrogens with one attached hydrogen (secondary N) is 1. The summed E-state index contributed by atoms with van der Waals surface area (Å²) in [5, 5.41) is 2.78. The molecule has 2 aromatic carbocycles. The molecule has 2 aromatic rings. The van der Waals surface area contributed by atoms with E-state index in [0.717, 1.165) is 11.4 Å². The van der Waals surface area contributed by atoms with E-state index in [4.69, 9.17) is 0 Å². The molecule has 1 amide bonds. The van der Waals surface area contributed by atoms with Gasteiger partial charge < -0.3 is 5.32 Å². The van der Waals surface area contributed by atoms with Crippen molar-refractivity contribution in [2.45, 2.75) is 26.3 Å². The third-order valence-corrected chi connectivity index (χ3v) is 2.92. The fraction of sp³-hybridized carbons (Fsp3) is 0.190. The first-order valence-corrected chi connectivity index (χ1v) is 7.70. The Morgan fingerprint density at radius 1 is 0.875 bits per heavy atom. The van der Waals surface area contributed by atoms with Crippen LogP contribution in [0.3, 0.4) is 0 Å². The zero-order valence-corrected chi connectivity index (χ0v) is 14.1. The number of anilines is 2. The molecule has 0 fully saturated rings. The van der Waals surface area contributed by atoms with Crippen molar-refractivity contribution < 1.29 is 4.79 Å². The van der Waals surface area contributed by atoms with E-state index in [-0.39, 0.29) is 11.4 Å². The molecule has 0 aromatic heterocycles. The van der Waals surface area contributed by atoms with Gasteiger partial charge in [0.25, 0.3) is 5.91 Å². The van der Waals surface area contributed by atoms with Crippen LogP contribution >= 0.6 is 0 Å². The second-order valence-corrected chi connectivity index (χ2v) is 6.20. The van der Waals surface area contributed by atoms with Gasteiger partial charge in [-0.2, -0.15) is 0 Å². The van der Waals surface area contributed by atoms with Crippen molar-refractivity contribution in [1.29, 1.82) is 0 Å². The van der Waals surface area contributed by atoms with Crippen LogP contribution in [0.2, 0.25) is 0 Å². The first-order valence-electron chi connectivity index (χ1n) is 7.70. The minimum Gasteiger partial charge on any atom is -0.341 e. The lowest BCUT2D eigenvalue weighted by atomic mass is 10.1. The highest BCUT2D eigenvalue weighted by molar-refractivity contribution is 5.94. The Morgan fingerprint density at radius 2 is 1.38 bits per heavy atom. The smallest absolute Gasteiger partial charge is 0.297 e. The van der Waals surface area contributed by atoms with Crippen molar-refractivity contribution in [3.63, 3.8) is 0 Å². The molecule has 0 saturated heterocycles. The Hall–Kier alpha value is -3.17. The molecule has 0 bridgehead atoms. The van der Waals surface area contributed by atoms with E-state index in [2.05, 4.69) is 29.1 Å². The van der Waals surface area contributed by atoms with Gasteiger partial charge in [-0.3, -0.25) is 9.69 Å². The first-order chi connectivity index (χ1) is 11.5. The van der Waals surface area contributed by atoms with E-state index in [9.17, 15) is 4.79 Å². The summed E-state index contributed by atoms with van der Waals surface area (Å²) in [6.07, 6.45) is 0. The van der Waals surface area contributed by atoms with E-state index in [1.54, 1.807) is 0 Å². The fourth-order valence-electron chi connectivity index (χ4n) is 1.98. The maximum atomic E-state index is 11.7. The highest BCUT2D eigenvalue weighted by Crippen LogP contribution is 2.23. The lowest BCUT2D eigenvalue weighted by Gasteiger charge is -2.18. The number of para-hydroxylation sites is 2. The van der Waals surface area contributed by atoms with Gasteiger partial charge in [0.15, 0.2) is 0 Å². The summed E-state index contributed by atoms with van der Waals surface area (Å²) >= 11 is 0. The molecule has 1 N–H and O–H groups in total. The monoisotopic (exact) mass is 316 g/mol. The predicted molar refractivity (Wildman–Crippen MR) is 98.5 cm³/mol.